The van der Waals surface area contributed by atoms with Gasteiger partial charge in [0.25, 0.3) is 0 Å². The number of hydrogen-bond donors (Lipinski definition) is 2. The second-order valence-corrected chi connectivity index (χ2v) is 4.87. The van der Waals surface area contributed by atoms with Gasteiger partial charge in [-0.2, -0.15) is 0 Å². The lowest BCUT2D eigenvalue weighted by Crippen LogP contribution is -2.29. The number of nitrogens with two attached hydrogens (primary N) is 1. The van der Waals surface area contributed by atoms with Gasteiger partial charge in [0.05, 0.1) is 0 Å². The third-order valence-corrected chi connectivity index (χ3v) is 2.93. The summed E-state index contributed by atoms with van der Waals surface area (Å²) in [5.41, 5.74) is 3.75. The van der Waals surface area contributed by atoms with E-state index in [2.05, 4.69) is 35.2 Å². The summed E-state index contributed by atoms with van der Waals surface area (Å²) in [6, 6.07) is 4.72. The van der Waals surface area contributed by atoms with Gasteiger partial charge in [-0.15, -0.1) is 0 Å². The molecule has 2 nitrogen and oxygen atoms in total. The van der Waals surface area contributed by atoms with Gasteiger partial charge in [-0.3, -0.25) is 11.3 Å². The first kappa shape index (κ1) is 12.6. The Labute approximate surface area is 98.1 Å². The van der Waals surface area contributed by atoms with Crippen molar-refractivity contribution in [3.63, 3.8) is 0 Å². The van der Waals surface area contributed by atoms with Crippen LogP contribution in [0.5, 0.6) is 0 Å². The first-order valence-electron chi connectivity index (χ1n) is 4.95. The van der Waals surface area contributed by atoms with Gasteiger partial charge in [-0.1, -0.05) is 35.8 Å². The van der Waals surface area contributed by atoms with Gasteiger partial charge >= 0.3 is 0 Å². The molecule has 0 spiro atoms. The van der Waals surface area contributed by atoms with Gasteiger partial charge in [-0.05, 0) is 30.0 Å². The molecule has 1 rings (SSSR count). The summed E-state index contributed by atoms with van der Waals surface area (Å²) >= 11 is 3.34. The molecule has 0 aliphatic heterocycles. The number of nitrogens with one attached hydrogen (secondary N) is 1. The maximum Gasteiger partial charge on any atom is 0.124 e. The Hall–Kier alpha value is -0.450. The minimum absolute atomic E-state index is 0.0555. The molecule has 1 unspecified atom stereocenters. The van der Waals surface area contributed by atoms with Crippen molar-refractivity contribution in [2.45, 2.75) is 26.3 Å². The van der Waals surface area contributed by atoms with E-state index < -0.39 is 0 Å². The fourth-order valence-corrected chi connectivity index (χ4v) is 2.17. The predicted molar refractivity (Wildman–Crippen MR) is 63.6 cm³/mol. The lowest BCUT2D eigenvalue weighted by atomic mass is 9.97. The van der Waals surface area contributed by atoms with Crippen molar-refractivity contribution in [1.82, 2.24) is 5.43 Å². The van der Waals surface area contributed by atoms with Crippen molar-refractivity contribution >= 4 is 15.9 Å². The molecule has 1 aromatic rings. The monoisotopic (exact) mass is 274 g/mol. The Bertz CT molecular complexity index is 328. The third-order valence-electron chi connectivity index (χ3n) is 2.25. The second-order valence-electron chi connectivity index (χ2n) is 4.01. The van der Waals surface area contributed by atoms with Crippen LogP contribution in [0.4, 0.5) is 4.39 Å². The number of rotatable bonds is 4. The Morgan fingerprint density at radius 3 is 2.60 bits per heavy atom. The van der Waals surface area contributed by atoms with Crippen LogP contribution in [-0.2, 0) is 0 Å². The molecule has 84 valence electrons. The predicted octanol–water partition coefficient (Wildman–Crippen LogP) is 3.14. The number of hydrazine groups is 1. The maximum atomic E-state index is 12.9. The molecule has 0 amide bonds. The van der Waals surface area contributed by atoms with Crippen molar-refractivity contribution in [2.75, 3.05) is 0 Å². The smallest absolute Gasteiger partial charge is 0.124 e. The number of hydrogen-bond acceptors (Lipinski definition) is 2. The van der Waals surface area contributed by atoms with Crippen molar-refractivity contribution in [3.8, 4) is 0 Å². The largest absolute Gasteiger partial charge is 0.271 e. The molecule has 0 bridgehead atoms. The molecule has 3 N–H and O–H groups in total. The van der Waals surface area contributed by atoms with Gasteiger partial charge < -0.3 is 0 Å². The standard InChI is InChI=1S/C11H16BrFN2/c1-7(2)5-11(15-14)9-4-3-8(13)6-10(9)12/h3-4,6-7,11,15H,5,14H2,1-2H3. The summed E-state index contributed by atoms with van der Waals surface area (Å²) < 4.78 is 13.7. The molecular weight excluding hydrogens is 259 g/mol. The van der Waals surface area contributed by atoms with Crippen molar-refractivity contribution in [2.24, 2.45) is 11.8 Å². The van der Waals surface area contributed by atoms with E-state index in [0.29, 0.717) is 5.92 Å². The minimum Gasteiger partial charge on any atom is -0.271 e. The van der Waals surface area contributed by atoms with E-state index in [4.69, 9.17) is 5.84 Å². The molecule has 0 saturated carbocycles. The van der Waals surface area contributed by atoms with Crippen molar-refractivity contribution in [1.29, 1.82) is 0 Å². The quantitative estimate of drug-likeness (QED) is 0.654. The average molecular weight is 275 g/mol. The van der Waals surface area contributed by atoms with Crippen LogP contribution in [0.3, 0.4) is 0 Å². The van der Waals surface area contributed by atoms with Gasteiger partial charge in [0.15, 0.2) is 0 Å². The molecule has 0 aliphatic rings. The van der Waals surface area contributed by atoms with Crippen LogP contribution in [0.25, 0.3) is 0 Å². The van der Waals surface area contributed by atoms with E-state index in [-0.39, 0.29) is 11.9 Å². The molecule has 15 heavy (non-hydrogen) atoms. The normalized spacial score (nSPS) is 13.2. The van der Waals surface area contributed by atoms with E-state index in [9.17, 15) is 4.39 Å². The highest BCUT2D eigenvalue weighted by Crippen LogP contribution is 2.27. The summed E-state index contributed by atoms with van der Waals surface area (Å²) in [4.78, 5) is 0. The SMILES string of the molecule is CC(C)CC(NN)c1ccc(F)cc1Br. The first-order chi connectivity index (χ1) is 7.04. The van der Waals surface area contributed by atoms with Gasteiger partial charge in [0.1, 0.15) is 5.82 Å². The van der Waals surface area contributed by atoms with Gasteiger partial charge in [0, 0.05) is 10.5 Å². The minimum atomic E-state index is -0.244. The Kier molecular flexibility index (Phi) is 4.70. The number of halogens is 2. The van der Waals surface area contributed by atoms with E-state index >= 15 is 0 Å². The van der Waals surface area contributed by atoms with E-state index in [0.717, 1.165) is 16.5 Å². The molecular formula is C11H16BrFN2. The number of benzene rings is 1. The fraction of sp³-hybridized carbons (Fsp3) is 0.455. The highest BCUT2D eigenvalue weighted by Gasteiger charge is 2.14. The lowest BCUT2D eigenvalue weighted by molar-refractivity contribution is 0.436. The van der Waals surface area contributed by atoms with Crippen LogP contribution >= 0.6 is 15.9 Å². The van der Waals surface area contributed by atoms with E-state index in [1.54, 1.807) is 6.07 Å². The molecule has 4 heteroatoms. The zero-order chi connectivity index (χ0) is 11.4. The van der Waals surface area contributed by atoms with Crippen molar-refractivity contribution < 1.29 is 4.39 Å². The lowest BCUT2D eigenvalue weighted by Gasteiger charge is -2.19. The molecule has 1 aromatic carbocycles. The highest BCUT2D eigenvalue weighted by atomic mass is 79.9. The van der Waals surface area contributed by atoms with E-state index in [1.807, 2.05) is 0 Å². The molecule has 0 heterocycles. The Balaban J connectivity index is 2.91. The van der Waals surface area contributed by atoms with Crippen LogP contribution in [-0.4, -0.2) is 0 Å². The summed E-state index contributed by atoms with van der Waals surface area (Å²) in [6.45, 7) is 4.25. The highest BCUT2D eigenvalue weighted by molar-refractivity contribution is 9.10. The van der Waals surface area contributed by atoms with E-state index in [1.165, 1.54) is 12.1 Å². The molecule has 0 fully saturated rings. The zero-order valence-electron chi connectivity index (χ0n) is 8.93. The topological polar surface area (TPSA) is 38.0 Å². The Morgan fingerprint density at radius 1 is 1.47 bits per heavy atom. The third kappa shape index (κ3) is 3.55. The fourth-order valence-electron chi connectivity index (χ4n) is 1.54. The molecule has 1 atom stereocenters. The molecule has 0 saturated heterocycles. The summed E-state index contributed by atoms with van der Waals surface area (Å²) in [5.74, 6) is 5.78. The van der Waals surface area contributed by atoms with Crippen LogP contribution in [0, 0.1) is 11.7 Å². The maximum absolute atomic E-state index is 12.9. The first-order valence-corrected chi connectivity index (χ1v) is 5.75. The van der Waals surface area contributed by atoms with Gasteiger partial charge in [0.2, 0.25) is 0 Å². The summed E-state index contributed by atoms with van der Waals surface area (Å²) in [6.07, 6.45) is 0.917. The Morgan fingerprint density at radius 2 is 2.13 bits per heavy atom. The average Bonchev–Trinajstić information content (AvgIpc) is 2.14. The second kappa shape index (κ2) is 5.58. The van der Waals surface area contributed by atoms with Crippen LogP contribution < -0.4 is 11.3 Å². The zero-order valence-corrected chi connectivity index (χ0v) is 10.5. The summed E-state index contributed by atoms with van der Waals surface area (Å²) in [5, 5.41) is 0. The van der Waals surface area contributed by atoms with Crippen LogP contribution in [0.1, 0.15) is 31.9 Å². The summed E-state index contributed by atoms with van der Waals surface area (Å²) in [7, 11) is 0. The van der Waals surface area contributed by atoms with Crippen molar-refractivity contribution in [3.05, 3.63) is 34.1 Å². The van der Waals surface area contributed by atoms with Crippen LogP contribution in [0.2, 0.25) is 0 Å². The molecule has 0 aliphatic carbocycles. The molecule has 0 aromatic heterocycles. The molecule has 0 radical (unpaired) electrons. The van der Waals surface area contributed by atoms with Crippen LogP contribution in [0.15, 0.2) is 22.7 Å². The van der Waals surface area contributed by atoms with Gasteiger partial charge in [-0.25, -0.2) is 4.39 Å².